The van der Waals surface area contributed by atoms with E-state index in [9.17, 15) is 14.0 Å². The molecule has 1 atom stereocenters. The molecular weight excluding hydrogens is 337 g/mol. The number of carbonyl (C=O) groups excluding carboxylic acids is 2. The maximum Gasteiger partial charge on any atom is 0.407 e. The number of alkyl carbamates (subject to hydrolysis) is 1. The number of benzene rings is 1. The molecule has 6 nitrogen and oxygen atoms in total. The normalized spacial score (nSPS) is 12.2. The van der Waals surface area contributed by atoms with Crippen molar-refractivity contribution in [3.8, 4) is 0 Å². The fraction of sp³-hybridized carbons (Fsp3) is 0.474. The summed E-state index contributed by atoms with van der Waals surface area (Å²) in [4.78, 5) is 26.9. The van der Waals surface area contributed by atoms with Crippen LogP contribution in [0.15, 0.2) is 24.4 Å². The van der Waals surface area contributed by atoms with Crippen molar-refractivity contribution in [3.63, 3.8) is 0 Å². The highest BCUT2D eigenvalue weighted by Crippen LogP contribution is 2.19. The summed E-state index contributed by atoms with van der Waals surface area (Å²) in [5.41, 5.74) is 1.52. The van der Waals surface area contributed by atoms with Crippen molar-refractivity contribution < 1.29 is 18.7 Å². The largest absolute Gasteiger partial charge is 0.450 e. The van der Waals surface area contributed by atoms with Gasteiger partial charge in [0.05, 0.1) is 13.0 Å². The Bertz CT molecular complexity index is 758. The highest BCUT2D eigenvalue weighted by Gasteiger charge is 2.16. The van der Waals surface area contributed by atoms with Crippen LogP contribution in [0.1, 0.15) is 32.8 Å². The van der Waals surface area contributed by atoms with Crippen LogP contribution in [0.5, 0.6) is 0 Å². The van der Waals surface area contributed by atoms with Gasteiger partial charge >= 0.3 is 6.09 Å². The van der Waals surface area contributed by atoms with Crippen LogP contribution >= 0.6 is 0 Å². The third-order valence-electron chi connectivity index (χ3n) is 3.98. The molecule has 142 valence electrons. The molecule has 0 aliphatic heterocycles. The maximum absolute atomic E-state index is 13.4. The molecule has 3 N–H and O–H groups in total. The van der Waals surface area contributed by atoms with E-state index in [0.717, 1.165) is 17.5 Å². The van der Waals surface area contributed by atoms with E-state index in [1.807, 2.05) is 13.8 Å². The van der Waals surface area contributed by atoms with Gasteiger partial charge in [0.25, 0.3) is 0 Å². The van der Waals surface area contributed by atoms with Crippen LogP contribution in [0.3, 0.4) is 0 Å². The Kier molecular flexibility index (Phi) is 7.00. The van der Waals surface area contributed by atoms with E-state index in [1.54, 1.807) is 19.2 Å². The van der Waals surface area contributed by atoms with Gasteiger partial charge in [0.2, 0.25) is 5.91 Å². The third kappa shape index (κ3) is 5.75. The number of hydrogen-bond donors (Lipinski definition) is 3. The monoisotopic (exact) mass is 363 g/mol. The topological polar surface area (TPSA) is 83.2 Å². The number of H-pyrrole nitrogens is 1. The number of ether oxygens (including phenoxy) is 1. The smallest absolute Gasteiger partial charge is 0.407 e. The summed E-state index contributed by atoms with van der Waals surface area (Å²) in [6.07, 6.45) is 2.08. The van der Waals surface area contributed by atoms with Gasteiger partial charge < -0.3 is 20.4 Å². The number of fused-ring (bicyclic) bond motifs is 1. The fourth-order valence-electron chi connectivity index (χ4n) is 2.87. The lowest BCUT2D eigenvalue weighted by atomic mass is 10.0. The number of amides is 2. The minimum absolute atomic E-state index is 0.136. The lowest BCUT2D eigenvalue weighted by Gasteiger charge is -2.20. The molecule has 0 fully saturated rings. The summed E-state index contributed by atoms with van der Waals surface area (Å²) in [5.74, 6) is -0.167. The van der Waals surface area contributed by atoms with Gasteiger partial charge in [-0.2, -0.15) is 0 Å². The molecular formula is C19H26FN3O3. The summed E-state index contributed by atoms with van der Waals surface area (Å²) in [6.45, 7) is 6.43. The Morgan fingerprint density at radius 1 is 1.31 bits per heavy atom. The first kappa shape index (κ1) is 19.8. The zero-order valence-corrected chi connectivity index (χ0v) is 15.4. The Balaban J connectivity index is 1.94. The standard InChI is InChI=1S/C19H26FN3O3/c1-4-26-19(25)23-15(7-12(2)3)11-22-18(24)8-13-10-21-17-6-5-14(20)9-16(13)17/h5-6,9-10,12,15,21H,4,7-8,11H2,1-3H3,(H,22,24)(H,23,25). The minimum Gasteiger partial charge on any atom is -0.450 e. The van der Waals surface area contributed by atoms with Crippen LogP contribution in [0.4, 0.5) is 9.18 Å². The third-order valence-corrected chi connectivity index (χ3v) is 3.98. The van der Waals surface area contributed by atoms with Crippen LogP contribution in [-0.2, 0) is 16.0 Å². The number of aromatic nitrogens is 1. The first-order valence-corrected chi connectivity index (χ1v) is 8.84. The average Bonchev–Trinajstić information content (AvgIpc) is 2.94. The van der Waals surface area contributed by atoms with E-state index in [0.29, 0.717) is 24.5 Å². The second-order valence-electron chi connectivity index (χ2n) is 6.68. The zero-order chi connectivity index (χ0) is 19.1. The minimum atomic E-state index is -0.487. The van der Waals surface area contributed by atoms with E-state index in [2.05, 4.69) is 15.6 Å². The summed E-state index contributed by atoms with van der Waals surface area (Å²) in [6, 6.07) is 4.23. The summed E-state index contributed by atoms with van der Waals surface area (Å²) in [5, 5.41) is 6.30. The highest BCUT2D eigenvalue weighted by atomic mass is 19.1. The van der Waals surface area contributed by atoms with Crippen LogP contribution in [0.25, 0.3) is 10.9 Å². The van der Waals surface area contributed by atoms with Gasteiger partial charge in [-0.05, 0) is 43.0 Å². The first-order chi connectivity index (χ1) is 12.4. The molecule has 0 saturated heterocycles. The molecule has 0 aliphatic carbocycles. The summed E-state index contributed by atoms with van der Waals surface area (Å²) < 4.78 is 18.3. The Labute approximate surface area is 152 Å². The lowest BCUT2D eigenvalue weighted by Crippen LogP contribution is -2.44. The lowest BCUT2D eigenvalue weighted by molar-refractivity contribution is -0.120. The second-order valence-corrected chi connectivity index (χ2v) is 6.68. The number of nitrogens with one attached hydrogen (secondary N) is 3. The van der Waals surface area contributed by atoms with E-state index in [-0.39, 0.29) is 24.2 Å². The van der Waals surface area contributed by atoms with Crippen LogP contribution in [0, 0.1) is 11.7 Å². The van der Waals surface area contributed by atoms with Crippen molar-refractivity contribution in [2.45, 2.75) is 39.7 Å². The van der Waals surface area contributed by atoms with Gasteiger partial charge in [-0.15, -0.1) is 0 Å². The van der Waals surface area contributed by atoms with Crippen LogP contribution < -0.4 is 10.6 Å². The Hall–Kier alpha value is -2.57. The molecule has 7 heteroatoms. The van der Waals surface area contributed by atoms with Crippen molar-refractivity contribution >= 4 is 22.9 Å². The highest BCUT2D eigenvalue weighted by molar-refractivity contribution is 5.88. The van der Waals surface area contributed by atoms with E-state index in [4.69, 9.17) is 4.74 Å². The first-order valence-electron chi connectivity index (χ1n) is 8.84. The molecule has 26 heavy (non-hydrogen) atoms. The van der Waals surface area contributed by atoms with Gasteiger partial charge in [0.1, 0.15) is 5.82 Å². The Morgan fingerprint density at radius 3 is 2.77 bits per heavy atom. The number of halogens is 1. The number of carbonyl (C=O) groups is 2. The van der Waals surface area contributed by atoms with E-state index in [1.165, 1.54) is 12.1 Å². The Morgan fingerprint density at radius 2 is 2.08 bits per heavy atom. The van der Waals surface area contributed by atoms with Crippen molar-refractivity contribution in [2.75, 3.05) is 13.2 Å². The molecule has 0 bridgehead atoms. The second kappa shape index (κ2) is 9.22. The number of rotatable bonds is 8. The fourth-order valence-corrected chi connectivity index (χ4v) is 2.87. The SMILES string of the molecule is CCOC(=O)NC(CNC(=O)Cc1c[nH]c2ccc(F)cc12)CC(C)C. The molecule has 1 aromatic heterocycles. The van der Waals surface area contributed by atoms with Crippen molar-refractivity contribution in [1.82, 2.24) is 15.6 Å². The molecule has 1 heterocycles. The molecule has 2 aromatic rings. The molecule has 1 aromatic carbocycles. The van der Waals surface area contributed by atoms with E-state index >= 15 is 0 Å². The van der Waals surface area contributed by atoms with Gasteiger partial charge in [-0.25, -0.2) is 9.18 Å². The molecule has 1 unspecified atom stereocenters. The zero-order valence-electron chi connectivity index (χ0n) is 15.4. The van der Waals surface area contributed by atoms with Gasteiger partial charge in [0, 0.05) is 29.7 Å². The number of aromatic amines is 1. The average molecular weight is 363 g/mol. The van der Waals surface area contributed by atoms with Gasteiger partial charge in [-0.1, -0.05) is 13.8 Å². The van der Waals surface area contributed by atoms with Gasteiger partial charge in [0.15, 0.2) is 0 Å². The maximum atomic E-state index is 13.4. The predicted molar refractivity (Wildman–Crippen MR) is 98.4 cm³/mol. The molecule has 0 saturated carbocycles. The molecule has 0 spiro atoms. The van der Waals surface area contributed by atoms with Crippen molar-refractivity contribution in [3.05, 3.63) is 35.8 Å². The van der Waals surface area contributed by atoms with Crippen molar-refractivity contribution in [2.24, 2.45) is 5.92 Å². The molecule has 2 amide bonds. The van der Waals surface area contributed by atoms with E-state index < -0.39 is 6.09 Å². The predicted octanol–water partition coefficient (Wildman–Crippen LogP) is 3.13. The molecule has 2 rings (SSSR count). The van der Waals surface area contributed by atoms with Crippen molar-refractivity contribution in [1.29, 1.82) is 0 Å². The van der Waals surface area contributed by atoms with Gasteiger partial charge in [-0.3, -0.25) is 4.79 Å². The quantitative estimate of drug-likeness (QED) is 0.674. The molecule has 0 aliphatic rings. The number of hydrogen-bond acceptors (Lipinski definition) is 3. The summed E-state index contributed by atoms with van der Waals surface area (Å²) in [7, 11) is 0. The molecule has 0 radical (unpaired) electrons. The van der Waals surface area contributed by atoms with Crippen LogP contribution in [-0.4, -0.2) is 36.2 Å². The summed E-state index contributed by atoms with van der Waals surface area (Å²) >= 11 is 0. The van der Waals surface area contributed by atoms with Crippen LogP contribution in [0.2, 0.25) is 0 Å².